The molecule has 0 aliphatic heterocycles. The molecule has 2 heterocycles. The van der Waals surface area contributed by atoms with Crippen LogP contribution in [0.15, 0.2) is 18.3 Å². The fourth-order valence-corrected chi connectivity index (χ4v) is 5.73. The van der Waals surface area contributed by atoms with Gasteiger partial charge in [0.1, 0.15) is 10.7 Å². The zero-order valence-electron chi connectivity index (χ0n) is 19.0. The van der Waals surface area contributed by atoms with Gasteiger partial charge in [0.2, 0.25) is 5.91 Å². The smallest absolute Gasteiger partial charge is 0.280 e. The van der Waals surface area contributed by atoms with Crippen LogP contribution in [0.4, 0.5) is 19.5 Å². The number of hydrogen-bond acceptors (Lipinski definition) is 5. The number of aryl methyl sites for hydroxylation is 1. The van der Waals surface area contributed by atoms with Crippen LogP contribution in [0.25, 0.3) is 0 Å². The van der Waals surface area contributed by atoms with Crippen molar-refractivity contribution in [1.82, 2.24) is 15.6 Å². The normalized spacial score (nSPS) is 19.1. The van der Waals surface area contributed by atoms with Gasteiger partial charge in [-0.3, -0.25) is 14.6 Å². The molecule has 0 radical (unpaired) electrons. The summed E-state index contributed by atoms with van der Waals surface area (Å²) in [6.45, 7) is 0.660. The first-order chi connectivity index (χ1) is 16.9. The fraction of sp³-hybridized carbons (Fsp3) is 0.500. The molecule has 2 saturated carbocycles. The van der Waals surface area contributed by atoms with Crippen molar-refractivity contribution in [3.8, 4) is 0 Å². The number of carbonyl (C=O) groups is 2. The fourth-order valence-electron chi connectivity index (χ4n) is 4.20. The van der Waals surface area contributed by atoms with Gasteiger partial charge in [-0.1, -0.05) is 0 Å². The molecule has 0 aromatic carbocycles. The maximum absolute atomic E-state index is 13.2. The molecule has 2 amide bonds. The summed E-state index contributed by atoms with van der Waals surface area (Å²) >= 11 is 6.93. The number of thiocarbonyl (C=S) groups is 1. The van der Waals surface area contributed by atoms with E-state index < -0.39 is 6.43 Å². The van der Waals surface area contributed by atoms with Gasteiger partial charge in [-0.25, -0.2) is 8.78 Å². The maximum atomic E-state index is 13.2. The van der Waals surface area contributed by atoms with Gasteiger partial charge in [0.05, 0.1) is 17.4 Å². The van der Waals surface area contributed by atoms with E-state index in [2.05, 4.69) is 26.3 Å². The lowest BCUT2D eigenvalue weighted by Crippen LogP contribution is -2.41. The first-order valence-electron chi connectivity index (χ1n) is 11.9. The Labute approximate surface area is 211 Å². The number of thiophene rings is 1. The summed E-state index contributed by atoms with van der Waals surface area (Å²) < 4.78 is 25.4. The maximum Gasteiger partial charge on any atom is 0.280 e. The molecular formula is C24H27F2N5O2S2. The van der Waals surface area contributed by atoms with Gasteiger partial charge in [-0.2, -0.15) is 0 Å². The Kier molecular flexibility index (Phi) is 6.97. The summed E-state index contributed by atoms with van der Waals surface area (Å²) in [5.41, 5.74) is 1.77. The predicted octanol–water partition coefficient (Wildman–Crippen LogP) is 4.41. The van der Waals surface area contributed by atoms with E-state index in [-0.39, 0.29) is 29.5 Å². The van der Waals surface area contributed by atoms with Crippen LogP contribution in [-0.4, -0.2) is 34.5 Å². The zero-order chi connectivity index (χ0) is 24.5. The highest BCUT2D eigenvalue weighted by molar-refractivity contribution is 7.80. The Morgan fingerprint density at radius 3 is 2.60 bits per heavy atom. The van der Waals surface area contributed by atoms with E-state index in [1.807, 2.05) is 0 Å². The molecule has 2 fully saturated rings. The monoisotopic (exact) mass is 519 g/mol. The lowest BCUT2D eigenvalue weighted by atomic mass is 9.91. The molecular weight excluding hydrogens is 492 g/mol. The van der Waals surface area contributed by atoms with Crippen LogP contribution in [-0.2, 0) is 17.6 Å². The second-order valence-electron chi connectivity index (χ2n) is 9.44. The lowest BCUT2D eigenvalue weighted by molar-refractivity contribution is -0.117. The van der Waals surface area contributed by atoms with E-state index in [9.17, 15) is 18.4 Å². The highest BCUT2D eigenvalue weighted by atomic mass is 32.1. The van der Waals surface area contributed by atoms with Crippen molar-refractivity contribution in [2.45, 2.75) is 57.4 Å². The summed E-state index contributed by atoms with van der Waals surface area (Å²) in [6, 6.07) is 2.77. The number of halogens is 2. The van der Waals surface area contributed by atoms with Crippen molar-refractivity contribution >= 4 is 51.2 Å². The molecule has 0 unspecified atom stereocenters. The van der Waals surface area contributed by atoms with E-state index in [4.69, 9.17) is 12.2 Å². The molecule has 0 bridgehead atoms. The van der Waals surface area contributed by atoms with E-state index in [0.29, 0.717) is 40.2 Å². The Morgan fingerprint density at radius 1 is 1.14 bits per heavy atom. The van der Waals surface area contributed by atoms with E-state index in [1.165, 1.54) is 29.7 Å². The number of amides is 2. The molecule has 186 valence electrons. The van der Waals surface area contributed by atoms with E-state index >= 15 is 0 Å². The van der Waals surface area contributed by atoms with Crippen molar-refractivity contribution in [2.24, 2.45) is 11.8 Å². The number of alkyl halides is 2. The predicted molar refractivity (Wildman–Crippen MR) is 135 cm³/mol. The van der Waals surface area contributed by atoms with Crippen LogP contribution in [0.1, 0.15) is 65.0 Å². The molecule has 35 heavy (non-hydrogen) atoms. The van der Waals surface area contributed by atoms with Gasteiger partial charge in [-0.05, 0) is 80.8 Å². The molecule has 3 aliphatic carbocycles. The summed E-state index contributed by atoms with van der Waals surface area (Å²) in [6.07, 6.45) is 4.98. The number of rotatable bonds is 8. The third-order valence-corrected chi connectivity index (χ3v) is 7.95. The van der Waals surface area contributed by atoms with Crippen LogP contribution < -0.4 is 21.3 Å². The largest absolute Gasteiger partial charge is 0.359 e. The topological polar surface area (TPSA) is 95.2 Å². The second-order valence-corrected chi connectivity index (χ2v) is 10.9. The molecule has 0 spiro atoms. The highest BCUT2D eigenvalue weighted by Gasteiger charge is 2.34. The number of nitrogens with zero attached hydrogens (tertiary/aromatic N) is 1. The Balaban J connectivity index is 1.27. The Bertz CT molecular complexity index is 1130. The molecule has 2 aromatic rings. The number of fused-ring (bicyclic) bond motifs is 1. The van der Waals surface area contributed by atoms with Crippen molar-refractivity contribution < 1.29 is 18.4 Å². The van der Waals surface area contributed by atoms with Gasteiger partial charge in [0.25, 0.3) is 12.3 Å². The standard InChI is InChI=1S/C24H27F2N5O2S2/c25-20(26)17-7-5-15(11-27-17)30-24(34)29-14-6-8-18-16(9-14)19(22(33)28-10-12-1-2-12)23(35-18)31-21(32)13-3-4-13/h5,7,11-14,20H,1-4,6,8-10H2,(H,28,33)(H,31,32)(H2,29,30,34)/t14-/m0/s1. The number of anilines is 2. The molecule has 3 aliphatic rings. The minimum atomic E-state index is -2.62. The number of hydrogen-bond donors (Lipinski definition) is 4. The SMILES string of the molecule is O=C(NCC1CC1)c1c(NC(=O)C2CC2)sc2c1C[C@@H](NC(=S)Nc1ccc(C(F)F)nc1)CC2. The Morgan fingerprint density at radius 2 is 1.94 bits per heavy atom. The van der Waals surface area contributed by atoms with E-state index in [1.54, 1.807) is 0 Å². The summed E-state index contributed by atoms with van der Waals surface area (Å²) in [7, 11) is 0. The van der Waals surface area contributed by atoms with Crippen molar-refractivity contribution in [2.75, 3.05) is 17.2 Å². The second kappa shape index (κ2) is 10.1. The van der Waals surface area contributed by atoms with Crippen LogP contribution in [0.5, 0.6) is 0 Å². The molecule has 1 atom stereocenters. The van der Waals surface area contributed by atoms with Gasteiger partial charge >= 0.3 is 0 Å². The number of carbonyl (C=O) groups excluding carboxylic acids is 2. The molecule has 5 rings (SSSR count). The number of aromatic nitrogens is 1. The summed E-state index contributed by atoms with van der Waals surface area (Å²) in [4.78, 5) is 30.5. The van der Waals surface area contributed by atoms with Crippen molar-refractivity contribution in [1.29, 1.82) is 0 Å². The average Bonchev–Trinajstić information content (AvgIpc) is 3.74. The zero-order valence-corrected chi connectivity index (χ0v) is 20.7. The third-order valence-electron chi connectivity index (χ3n) is 6.52. The van der Waals surface area contributed by atoms with E-state index in [0.717, 1.165) is 49.0 Å². The molecule has 4 N–H and O–H groups in total. The van der Waals surface area contributed by atoms with Crippen LogP contribution in [0, 0.1) is 11.8 Å². The number of nitrogens with one attached hydrogen (secondary N) is 4. The Hall–Kier alpha value is -2.66. The third kappa shape index (κ3) is 5.95. The first-order valence-corrected chi connectivity index (χ1v) is 13.1. The minimum absolute atomic E-state index is 0.00707. The van der Waals surface area contributed by atoms with Crippen LogP contribution in [0.3, 0.4) is 0 Å². The van der Waals surface area contributed by atoms with Crippen molar-refractivity contribution in [3.05, 3.63) is 40.0 Å². The number of pyridine rings is 1. The van der Waals surface area contributed by atoms with Crippen LogP contribution >= 0.6 is 23.6 Å². The summed E-state index contributed by atoms with van der Waals surface area (Å²) in [5, 5.41) is 13.3. The molecule has 0 saturated heterocycles. The molecule has 11 heteroatoms. The average molecular weight is 520 g/mol. The quantitative estimate of drug-likeness (QED) is 0.386. The van der Waals surface area contributed by atoms with Gasteiger partial charge in [0, 0.05) is 23.4 Å². The highest BCUT2D eigenvalue weighted by Crippen LogP contribution is 2.40. The minimum Gasteiger partial charge on any atom is -0.359 e. The van der Waals surface area contributed by atoms with Gasteiger partial charge < -0.3 is 21.3 Å². The first kappa shape index (κ1) is 24.1. The lowest BCUT2D eigenvalue weighted by Gasteiger charge is -2.25. The molecule has 7 nitrogen and oxygen atoms in total. The summed E-state index contributed by atoms with van der Waals surface area (Å²) in [5.74, 6) is 0.469. The van der Waals surface area contributed by atoms with Gasteiger partial charge in [-0.15, -0.1) is 11.3 Å². The van der Waals surface area contributed by atoms with Gasteiger partial charge in [0.15, 0.2) is 5.11 Å². The molecule has 2 aromatic heterocycles. The van der Waals surface area contributed by atoms with Crippen LogP contribution in [0.2, 0.25) is 0 Å². The van der Waals surface area contributed by atoms with Crippen molar-refractivity contribution in [3.63, 3.8) is 0 Å².